The number of pyridine rings is 1. The number of nitrogens with zero attached hydrogens (tertiary/aromatic N) is 4. The highest BCUT2D eigenvalue weighted by molar-refractivity contribution is 6.09. The number of hydrogen-bond acceptors (Lipinski definition) is 3. The molecular weight excluding hydrogens is 625 g/mol. The van der Waals surface area contributed by atoms with Crippen LogP contribution < -0.4 is 4.74 Å². The first-order valence-corrected chi connectivity index (χ1v) is 18.5. The van der Waals surface area contributed by atoms with Gasteiger partial charge in [0.15, 0.2) is 0 Å². The van der Waals surface area contributed by atoms with Gasteiger partial charge in [0.25, 0.3) is 0 Å². The van der Waals surface area contributed by atoms with Crippen molar-refractivity contribution >= 4 is 21.8 Å². The second-order valence-electron chi connectivity index (χ2n) is 15.5. The van der Waals surface area contributed by atoms with Crippen LogP contribution in [0.1, 0.15) is 89.5 Å². The number of para-hydroxylation sites is 1. The predicted molar refractivity (Wildman–Crippen MR) is 213 cm³/mol. The zero-order chi connectivity index (χ0) is 35.8. The van der Waals surface area contributed by atoms with Crippen molar-refractivity contribution in [2.75, 3.05) is 0 Å². The maximum atomic E-state index is 6.75. The van der Waals surface area contributed by atoms with Crippen LogP contribution in [0.4, 0.5) is 0 Å². The van der Waals surface area contributed by atoms with Crippen molar-refractivity contribution in [1.29, 1.82) is 0 Å². The first kappa shape index (κ1) is 34.3. The van der Waals surface area contributed by atoms with Crippen LogP contribution in [0, 0.1) is 11.8 Å². The fourth-order valence-corrected chi connectivity index (χ4v) is 7.48. The number of fused-ring (bicyclic) bond motifs is 3. The molecule has 0 saturated carbocycles. The Morgan fingerprint density at radius 2 is 1.33 bits per heavy atom. The second-order valence-corrected chi connectivity index (χ2v) is 15.5. The molecule has 0 fully saturated rings. The minimum Gasteiger partial charge on any atom is -0.457 e. The molecule has 0 saturated heterocycles. The average Bonchev–Trinajstić information content (AvgIpc) is 3.70. The molecule has 0 atom stereocenters. The highest BCUT2D eigenvalue weighted by Crippen LogP contribution is 2.38. The van der Waals surface area contributed by atoms with E-state index in [1.54, 1.807) is 0 Å². The highest BCUT2D eigenvalue weighted by Gasteiger charge is 2.19. The van der Waals surface area contributed by atoms with Crippen LogP contribution in [-0.4, -0.2) is 19.3 Å². The summed E-state index contributed by atoms with van der Waals surface area (Å²) >= 11 is 0. The summed E-state index contributed by atoms with van der Waals surface area (Å²) in [6.07, 6.45) is 8.08. The Morgan fingerprint density at radius 1 is 0.627 bits per heavy atom. The largest absolute Gasteiger partial charge is 0.457 e. The monoisotopic (exact) mass is 674 g/mol. The summed E-state index contributed by atoms with van der Waals surface area (Å²) in [6.45, 7) is 18.1. The molecule has 0 amide bonds. The summed E-state index contributed by atoms with van der Waals surface area (Å²) in [6, 6.07) is 32.6. The average molecular weight is 675 g/mol. The van der Waals surface area contributed by atoms with Crippen molar-refractivity contribution in [3.8, 4) is 34.1 Å². The van der Waals surface area contributed by atoms with Crippen molar-refractivity contribution in [2.24, 2.45) is 11.8 Å². The summed E-state index contributed by atoms with van der Waals surface area (Å²) < 4.78 is 11.0. The molecule has 3 aromatic heterocycles. The van der Waals surface area contributed by atoms with Gasteiger partial charge in [-0.1, -0.05) is 91.8 Å². The third kappa shape index (κ3) is 7.08. The van der Waals surface area contributed by atoms with Crippen molar-refractivity contribution in [3.63, 3.8) is 0 Å². The minimum absolute atomic E-state index is 0.409. The van der Waals surface area contributed by atoms with Crippen molar-refractivity contribution in [2.45, 2.75) is 80.1 Å². The van der Waals surface area contributed by atoms with Gasteiger partial charge in [-0.2, -0.15) is 5.10 Å². The molecule has 4 aromatic carbocycles. The minimum atomic E-state index is 0.409. The van der Waals surface area contributed by atoms with E-state index in [4.69, 9.17) is 14.8 Å². The van der Waals surface area contributed by atoms with Crippen LogP contribution in [0.2, 0.25) is 0 Å². The Balaban J connectivity index is 1.30. The number of hydrogen-bond donors (Lipinski definition) is 0. The Hall–Kier alpha value is -5.16. The molecule has 0 aliphatic rings. The second kappa shape index (κ2) is 14.2. The fraction of sp³-hybridized carbons (Fsp3) is 0.304. The summed E-state index contributed by atoms with van der Waals surface area (Å²) in [4.78, 5) is 4.85. The van der Waals surface area contributed by atoms with Gasteiger partial charge in [0.05, 0.1) is 22.9 Å². The molecule has 0 N–H and O–H groups in total. The standard InChI is InChI=1S/C46H50N4O/c1-29(2)20-33-18-19-47-45(24-33)50-43-15-10-9-12-41(43)42-17-16-37(26-44(42)50)51-38-23-34(21-30(3)4)22-36(25-38)49-28-35(27-48-49)46-39(31(5)6)13-11-14-40(46)32(7)8/h9-19,22-32H,20-21H2,1-8H3. The van der Waals surface area contributed by atoms with Gasteiger partial charge in [-0.15, -0.1) is 0 Å². The molecule has 51 heavy (non-hydrogen) atoms. The molecule has 0 bridgehead atoms. The van der Waals surface area contributed by atoms with Crippen LogP contribution in [0.25, 0.3) is 44.4 Å². The fourth-order valence-electron chi connectivity index (χ4n) is 7.48. The van der Waals surface area contributed by atoms with Crippen LogP contribution in [0.3, 0.4) is 0 Å². The molecule has 0 radical (unpaired) electrons. The van der Waals surface area contributed by atoms with Crippen LogP contribution >= 0.6 is 0 Å². The maximum absolute atomic E-state index is 6.75. The molecule has 7 aromatic rings. The summed E-state index contributed by atoms with van der Waals surface area (Å²) in [5.74, 6) is 4.39. The van der Waals surface area contributed by atoms with Gasteiger partial charge >= 0.3 is 0 Å². The molecule has 7 rings (SSSR count). The Labute approximate surface area is 302 Å². The third-order valence-electron chi connectivity index (χ3n) is 9.67. The summed E-state index contributed by atoms with van der Waals surface area (Å²) in [7, 11) is 0. The van der Waals surface area contributed by atoms with Gasteiger partial charge in [0.2, 0.25) is 0 Å². The topological polar surface area (TPSA) is 44.9 Å². The predicted octanol–water partition coefficient (Wildman–Crippen LogP) is 12.5. The van der Waals surface area contributed by atoms with E-state index in [2.05, 4.69) is 157 Å². The Morgan fingerprint density at radius 3 is 2.06 bits per heavy atom. The Bertz CT molecular complexity index is 2290. The van der Waals surface area contributed by atoms with E-state index >= 15 is 0 Å². The van der Waals surface area contributed by atoms with E-state index in [0.717, 1.165) is 52.4 Å². The van der Waals surface area contributed by atoms with E-state index in [9.17, 15) is 0 Å². The van der Waals surface area contributed by atoms with Crippen LogP contribution in [0.5, 0.6) is 11.5 Å². The van der Waals surface area contributed by atoms with Crippen LogP contribution in [0.15, 0.2) is 110 Å². The number of benzene rings is 4. The smallest absolute Gasteiger partial charge is 0.137 e. The maximum Gasteiger partial charge on any atom is 0.137 e. The molecule has 0 unspecified atom stereocenters. The number of aromatic nitrogens is 4. The van der Waals surface area contributed by atoms with E-state index in [1.165, 1.54) is 38.6 Å². The number of ether oxygens (including phenoxy) is 1. The molecule has 0 aliphatic heterocycles. The summed E-state index contributed by atoms with van der Waals surface area (Å²) in [5.41, 5.74) is 10.9. The number of rotatable bonds is 11. The zero-order valence-corrected chi connectivity index (χ0v) is 31.3. The van der Waals surface area contributed by atoms with Crippen molar-refractivity contribution < 1.29 is 4.74 Å². The molecule has 5 heteroatoms. The molecule has 260 valence electrons. The van der Waals surface area contributed by atoms with Gasteiger partial charge < -0.3 is 4.74 Å². The quantitative estimate of drug-likeness (QED) is 0.137. The van der Waals surface area contributed by atoms with Crippen LogP contribution in [-0.2, 0) is 12.8 Å². The van der Waals surface area contributed by atoms with E-state index in [0.29, 0.717) is 23.7 Å². The lowest BCUT2D eigenvalue weighted by Gasteiger charge is -2.18. The van der Waals surface area contributed by atoms with Crippen molar-refractivity contribution in [1.82, 2.24) is 19.3 Å². The molecular formula is C46H50N4O. The Kier molecular flexibility index (Phi) is 9.56. The molecule has 3 heterocycles. The van der Waals surface area contributed by atoms with E-state index < -0.39 is 0 Å². The first-order valence-electron chi connectivity index (χ1n) is 18.5. The van der Waals surface area contributed by atoms with Gasteiger partial charge in [-0.05, 0) is 107 Å². The molecule has 0 aliphatic carbocycles. The van der Waals surface area contributed by atoms with Gasteiger partial charge in [-0.3, -0.25) is 4.57 Å². The van der Waals surface area contributed by atoms with Gasteiger partial charge in [-0.25, -0.2) is 9.67 Å². The van der Waals surface area contributed by atoms with E-state index in [-0.39, 0.29) is 0 Å². The van der Waals surface area contributed by atoms with Gasteiger partial charge in [0.1, 0.15) is 17.3 Å². The SMILES string of the molecule is CC(C)Cc1cc(Oc2ccc3c4ccccc4n(-c4cc(CC(C)C)ccn4)c3c2)cc(-n2cc(-c3c(C(C)C)cccc3C(C)C)cn2)c1. The first-order chi connectivity index (χ1) is 24.5. The van der Waals surface area contributed by atoms with Gasteiger partial charge in [0, 0.05) is 40.9 Å². The third-order valence-corrected chi connectivity index (χ3v) is 9.67. The lowest BCUT2D eigenvalue weighted by molar-refractivity contribution is 0.481. The van der Waals surface area contributed by atoms with E-state index in [1.807, 2.05) is 17.1 Å². The lowest BCUT2D eigenvalue weighted by Crippen LogP contribution is -2.01. The van der Waals surface area contributed by atoms with Crippen molar-refractivity contribution in [3.05, 3.63) is 132 Å². The zero-order valence-electron chi connectivity index (χ0n) is 31.3. The normalized spacial score (nSPS) is 12.0. The molecule has 0 spiro atoms. The highest BCUT2D eigenvalue weighted by atomic mass is 16.5. The summed E-state index contributed by atoms with van der Waals surface area (Å²) in [5, 5.41) is 7.29. The molecule has 5 nitrogen and oxygen atoms in total. The lowest BCUT2D eigenvalue weighted by atomic mass is 9.86.